The van der Waals surface area contributed by atoms with Gasteiger partial charge in [-0.25, -0.2) is 9.97 Å². The van der Waals surface area contributed by atoms with Crippen LogP contribution < -0.4 is 5.32 Å². The van der Waals surface area contributed by atoms with Crippen molar-refractivity contribution >= 4 is 22.8 Å². The van der Waals surface area contributed by atoms with Gasteiger partial charge >= 0.3 is 0 Å². The largest absolute Gasteiger partial charge is 0.349 e. The number of rotatable bonds is 2. The molecule has 2 heterocycles. The number of nitrogens with one attached hydrogen (secondary N) is 1. The minimum Gasteiger partial charge on any atom is -0.349 e. The maximum atomic E-state index is 12.6. The summed E-state index contributed by atoms with van der Waals surface area (Å²) in [6.07, 6.45) is 1.55. The predicted octanol–water partition coefficient (Wildman–Crippen LogP) is 3.01. The molecule has 1 aliphatic rings. The van der Waals surface area contributed by atoms with Crippen molar-refractivity contribution in [2.24, 2.45) is 5.41 Å². The van der Waals surface area contributed by atoms with Gasteiger partial charge in [0.25, 0.3) is 5.91 Å². The number of carbonyl (C=O) groups excluding carboxylic acids is 2. The van der Waals surface area contributed by atoms with Crippen molar-refractivity contribution in [1.29, 1.82) is 0 Å². The Labute approximate surface area is 160 Å². The van der Waals surface area contributed by atoms with Gasteiger partial charge in [-0.1, -0.05) is 20.8 Å². The van der Waals surface area contributed by atoms with Gasteiger partial charge in [0, 0.05) is 30.1 Å². The maximum absolute atomic E-state index is 12.6. The summed E-state index contributed by atoms with van der Waals surface area (Å²) in [4.78, 5) is 36.0. The van der Waals surface area contributed by atoms with Crippen LogP contribution in [-0.4, -0.2) is 45.8 Å². The van der Waals surface area contributed by atoms with Gasteiger partial charge in [-0.05, 0) is 44.9 Å². The Kier molecular flexibility index (Phi) is 5.18. The summed E-state index contributed by atoms with van der Waals surface area (Å²) in [5.41, 5.74) is 3.53. The zero-order valence-electron chi connectivity index (χ0n) is 16.8. The van der Waals surface area contributed by atoms with Gasteiger partial charge in [0.1, 0.15) is 0 Å². The van der Waals surface area contributed by atoms with Gasteiger partial charge in [0.05, 0.1) is 22.4 Å². The number of hydrogen-bond donors (Lipinski definition) is 1. The number of aromatic nitrogens is 2. The zero-order valence-corrected chi connectivity index (χ0v) is 16.8. The summed E-state index contributed by atoms with van der Waals surface area (Å²) in [5.74, 6) is 0.0727. The highest BCUT2D eigenvalue weighted by molar-refractivity contribution is 5.97. The van der Waals surface area contributed by atoms with Crippen LogP contribution in [0.5, 0.6) is 0 Å². The SMILES string of the molecule is Cc1nc2ccc(C(=O)NC3CCN(C(=O)C(C)(C)C)CC3)cc2nc1C. The molecule has 1 saturated heterocycles. The molecular formula is C21H28N4O2. The van der Waals surface area contributed by atoms with E-state index in [1.165, 1.54) is 0 Å². The predicted molar refractivity (Wildman–Crippen MR) is 106 cm³/mol. The van der Waals surface area contributed by atoms with Gasteiger partial charge in [-0.2, -0.15) is 0 Å². The summed E-state index contributed by atoms with van der Waals surface area (Å²) in [5, 5.41) is 3.10. The molecule has 1 N–H and O–H groups in total. The fourth-order valence-electron chi connectivity index (χ4n) is 3.34. The van der Waals surface area contributed by atoms with Crippen molar-refractivity contribution in [1.82, 2.24) is 20.2 Å². The van der Waals surface area contributed by atoms with Gasteiger partial charge in [0.2, 0.25) is 5.91 Å². The molecule has 0 atom stereocenters. The van der Waals surface area contributed by atoms with Gasteiger partial charge < -0.3 is 10.2 Å². The highest BCUT2D eigenvalue weighted by atomic mass is 16.2. The lowest BCUT2D eigenvalue weighted by Crippen LogP contribution is -2.49. The third-order valence-electron chi connectivity index (χ3n) is 5.10. The quantitative estimate of drug-likeness (QED) is 0.884. The summed E-state index contributed by atoms with van der Waals surface area (Å²) >= 11 is 0. The van der Waals surface area contributed by atoms with Crippen LogP contribution >= 0.6 is 0 Å². The van der Waals surface area contributed by atoms with Crippen molar-refractivity contribution < 1.29 is 9.59 Å². The number of aryl methyl sites for hydroxylation is 2. The molecule has 0 bridgehead atoms. The number of hydrogen-bond acceptors (Lipinski definition) is 4. The van der Waals surface area contributed by atoms with Gasteiger partial charge in [-0.3, -0.25) is 9.59 Å². The first-order valence-electron chi connectivity index (χ1n) is 9.50. The van der Waals surface area contributed by atoms with E-state index in [0.29, 0.717) is 18.7 Å². The molecule has 0 radical (unpaired) electrons. The fourth-order valence-corrected chi connectivity index (χ4v) is 3.34. The molecule has 27 heavy (non-hydrogen) atoms. The van der Waals surface area contributed by atoms with Crippen molar-refractivity contribution in [3.05, 3.63) is 35.2 Å². The highest BCUT2D eigenvalue weighted by Gasteiger charge is 2.30. The first-order valence-corrected chi connectivity index (χ1v) is 9.50. The summed E-state index contributed by atoms with van der Waals surface area (Å²) in [7, 11) is 0. The van der Waals surface area contributed by atoms with E-state index < -0.39 is 0 Å². The topological polar surface area (TPSA) is 75.2 Å². The zero-order chi connectivity index (χ0) is 19.8. The molecule has 1 aromatic heterocycles. The molecule has 144 valence electrons. The minimum atomic E-state index is -0.362. The van der Waals surface area contributed by atoms with Crippen LogP contribution in [0.4, 0.5) is 0 Å². The average Bonchev–Trinajstić information content (AvgIpc) is 2.61. The molecule has 6 heteroatoms. The fraction of sp³-hybridized carbons (Fsp3) is 0.524. The van der Waals surface area contributed by atoms with Crippen LogP contribution in [0.2, 0.25) is 0 Å². The van der Waals surface area contributed by atoms with E-state index in [-0.39, 0.29) is 23.3 Å². The van der Waals surface area contributed by atoms with Crippen LogP contribution in [0.25, 0.3) is 11.0 Å². The average molecular weight is 368 g/mol. The summed E-state index contributed by atoms with van der Waals surface area (Å²) in [6, 6.07) is 5.51. The molecule has 0 spiro atoms. The molecule has 2 amide bonds. The second-order valence-corrected chi connectivity index (χ2v) is 8.39. The molecule has 2 aromatic rings. The summed E-state index contributed by atoms with van der Waals surface area (Å²) in [6.45, 7) is 11.0. The summed E-state index contributed by atoms with van der Waals surface area (Å²) < 4.78 is 0. The van der Waals surface area contributed by atoms with Crippen LogP contribution in [0, 0.1) is 19.3 Å². The lowest BCUT2D eigenvalue weighted by molar-refractivity contribution is -0.140. The van der Waals surface area contributed by atoms with Crippen LogP contribution in [0.1, 0.15) is 55.4 Å². The Morgan fingerprint density at radius 2 is 1.63 bits per heavy atom. The van der Waals surface area contributed by atoms with E-state index in [0.717, 1.165) is 35.3 Å². The molecule has 0 saturated carbocycles. The van der Waals surface area contributed by atoms with E-state index in [4.69, 9.17) is 0 Å². The maximum Gasteiger partial charge on any atom is 0.251 e. The standard InChI is InChI=1S/C21H28N4O2/c1-13-14(2)23-18-12-15(6-7-17(18)22-13)19(26)24-16-8-10-25(11-9-16)20(27)21(3,4)5/h6-7,12,16H,8-11H2,1-5H3,(H,24,26). The second kappa shape index (κ2) is 7.25. The van der Waals surface area contributed by atoms with Crippen molar-refractivity contribution in [2.75, 3.05) is 13.1 Å². The molecule has 6 nitrogen and oxygen atoms in total. The first-order chi connectivity index (χ1) is 12.6. The number of benzene rings is 1. The molecule has 1 fully saturated rings. The molecular weight excluding hydrogens is 340 g/mol. The Hall–Kier alpha value is -2.50. The van der Waals surface area contributed by atoms with Crippen molar-refractivity contribution in [2.45, 2.75) is 53.5 Å². The third kappa shape index (κ3) is 4.26. The monoisotopic (exact) mass is 368 g/mol. The second-order valence-electron chi connectivity index (χ2n) is 8.39. The normalized spacial score (nSPS) is 15.8. The van der Waals surface area contributed by atoms with E-state index >= 15 is 0 Å². The molecule has 1 aromatic carbocycles. The minimum absolute atomic E-state index is 0.0862. The van der Waals surface area contributed by atoms with Gasteiger partial charge in [0.15, 0.2) is 0 Å². The van der Waals surface area contributed by atoms with Crippen molar-refractivity contribution in [3.63, 3.8) is 0 Å². The van der Waals surface area contributed by atoms with Crippen LogP contribution in [0.3, 0.4) is 0 Å². The molecule has 1 aliphatic heterocycles. The number of likely N-dealkylation sites (tertiary alicyclic amines) is 1. The van der Waals surface area contributed by atoms with Gasteiger partial charge in [-0.15, -0.1) is 0 Å². The number of carbonyl (C=O) groups is 2. The van der Waals surface area contributed by atoms with E-state index in [2.05, 4.69) is 15.3 Å². The molecule has 0 aliphatic carbocycles. The van der Waals surface area contributed by atoms with E-state index in [9.17, 15) is 9.59 Å². The highest BCUT2D eigenvalue weighted by Crippen LogP contribution is 2.21. The van der Waals surface area contributed by atoms with Crippen LogP contribution in [-0.2, 0) is 4.79 Å². The Balaban J connectivity index is 1.64. The Morgan fingerprint density at radius 3 is 2.22 bits per heavy atom. The Bertz CT molecular complexity index is 878. The Morgan fingerprint density at radius 1 is 1.04 bits per heavy atom. The van der Waals surface area contributed by atoms with E-state index in [1.807, 2.05) is 45.6 Å². The number of nitrogens with zero attached hydrogens (tertiary/aromatic N) is 3. The lowest BCUT2D eigenvalue weighted by Gasteiger charge is -2.36. The number of fused-ring (bicyclic) bond motifs is 1. The van der Waals surface area contributed by atoms with E-state index in [1.54, 1.807) is 12.1 Å². The van der Waals surface area contributed by atoms with Crippen molar-refractivity contribution in [3.8, 4) is 0 Å². The van der Waals surface area contributed by atoms with Crippen LogP contribution in [0.15, 0.2) is 18.2 Å². The smallest absolute Gasteiger partial charge is 0.251 e. The lowest BCUT2D eigenvalue weighted by atomic mass is 9.93. The molecule has 3 rings (SSSR count). The first kappa shape index (κ1) is 19.3. The third-order valence-corrected chi connectivity index (χ3v) is 5.10. The number of amides is 2. The molecule has 0 unspecified atom stereocenters. The number of piperidine rings is 1.